The van der Waals surface area contributed by atoms with Crippen LogP contribution in [0.2, 0.25) is 5.28 Å². The molecule has 0 bridgehead atoms. The maximum atomic E-state index is 8.61. The Morgan fingerprint density at radius 2 is 2.00 bits per heavy atom. The largest absolute Gasteiger partial charge is 0.343 e. The third-order valence-electron chi connectivity index (χ3n) is 3.12. The summed E-state index contributed by atoms with van der Waals surface area (Å²) in [6.45, 7) is 2.50. The van der Waals surface area contributed by atoms with Crippen molar-refractivity contribution in [3.63, 3.8) is 0 Å². The number of rotatable bonds is 4. The van der Waals surface area contributed by atoms with Gasteiger partial charge in [0.25, 0.3) is 0 Å². The molecule has 0 atom stereocenters. The molecule has 0 saturated carbocycles. The van der Waals surface area contributed by atoms with Gasteiger partial charge in [0.15, 0.2) is 0 Å². The molecule has 7 heteroatoms. The standard InChI is InChI=1S/C12H17ClN6/c1-18(7-5-6-14)11-15-10(13)16-12(17-11)19-8-3-2-4-9-19/h2-5,7-9H2,1H3. The lowest BCUT2D eigenvalue weighted by molar-refractivity contribution is 0.567. The van der Waals surface area contributed by atoms with Crippen molar-refractivity contribution in [1.82, 2.24) is 15.0 Å². The fourth-order valence-electron chi connectivity index (χ4n) is 2.05. The molecule has 0 N–H and O–H groups in total. The quantitative estimate of drug-likeness (QED) is 0.838. The molecule has 0 amide bonds. The molecule has 0 unspecified atom stereocenters. The van der Waals surface area contributed by atoms with Crippen molar-refractivity contribution in [3.8, 4) is 6.07 Å². The maximum absolute atomic E-state index is 8.61. The highest BCUT2D eigenvalue weighted by molar-refractivity contribution is 6.28. The van der Waals surface area contributed by atoms with Crippen LogP contribution in [-0.2, 0) is 0 Å². The highest BCUT2D eigenvalue weighted by atomic mass is 35.5. The molecule has 1 aromatic rings. The molecule has 0 aliphatic carbocycles. The molecule has 1 aliphatic heterocycles. The third-order valence-corrected chi connectivity index (χ3v) is 3.29. The van der Waals surface area contributed by atoms with Gasteiger partial charge in [-0.15, -0.1) is 0 Å². The minimum absolute atomic E-state index is 0.203. The van der Waals surface area contributed by atoms with Gasteiger partial charge in [-0.2, -0.15) is 20.2 Å². The van der Waals surface area contributed by atoms with Gasteiger partial charge in [-0.25, -0.2) is 0 Å². The minimum atomic E-state index is 0.203. The number of hydrogen-bond donors (Lipinski definition) is 0. The summed E-state index contributed by atoms with van der Waals surface area (Å²) in [5, 5.41) is 8.81. The Morgan fingerprint density at radius 3 is 2.68 bits per heavy atom. The summed E-state index contributed by atoms with van der Waals surface area (Å²) in [6, 6.07) is 2.10. The predicted octanol–water partition coefficient (Wildman–Crippen LogP) is 1.87. The van der Waals surface area contributed by atoms with E-state index in [2.05, 4.69) is 25.9 Å². The number of aromatic nitrogens is 3. The molecule has 19 heavy (non-hydrogen) atoms. The van der Waals surface area contributed by atoms with Gasteiger partial charge in [0.2, 0.25) is 17.2 Å². The second kappa shape index (κ2) is 6.53. The summed E-state index contributed by atoms with van der Waals surface area (Å²) in [6.07, 6.45) is 3.99. The second-order valence-corrected chi connectivity index (χ2v) is 4.92. The van der Waals surface area contributed by atoms with Crippen molar-refractivity contribution in [2.24, 2.45) is 0 Å². The normalized spacial score (nSPS) is 15.1. The van der Waals surface area contributed by atoms with E-state index in [4.69, 9.17) is 16.9 Å². The Bertz CT molecular complexity index is 466. The van der Waals surface area contributed by atoms with E-state index >= 15 is 0 Å². The van der Waals surface area contributed by atoms with Crippen molar-refractivity contribution in [3.05, 3.63) is 5.28 Å². The van der Waals surface area contributed by atoms with E-state index in [0.29, 0.717) is 24.9 Å². The van der Waals surface area contributed by atoms with Crippen LogP contribution in [0.1, 0.15) is 25.7 Å². The smallest absolute Gasteiger partial charge is 0.231 e. The first-order valence-corrected chi connectivity index (χ1v) is 6.83. The van der Waals surface area contributed by atoms with Crippen LogP contribution in [0.4, 0.5) is 11.9 Å². The topological polar surface area (TPSA) is 68.9 Å². The predicted molar refractivity (Wildman–Crippen MR) is 74.4 cm³/mol. The average Bonchev–Trinajstić information content (AvgIpc) is 2.45. The van der Waals surface area contributed by atoms with E-state index in [-0.39, 0.29) is 5.28 Å². The zero-order valence-corrected chi connectivity index (χ0v) is 11.8. The highest BCUT2D eigenvalue weighted by Gasteiger charge is 2.16. The van der Waals surface area contributed by atoms with Crippen molar-refractivity contribution < 1.29 is 0 Å². The summed E-state index contributed by atoms with van der Waals surface area (Å²) in [7, 11) is 1.85. The fraction of sp³-hybridized carbons (Fsp3) is 0.667. The summed E-state index contributed by atoms with van der Waals surface area (Å²) in [4.78, 5) is 16.7. The number of nitriles is 1. The van der Waals surface area contributed by atoms with Crippen molar-refractivity contribution >= 4 is 23.5 Å². The van der Waals surface area contributed by atoms with Gasteiger partial charge in [-0.05, 0) is 30.9 Å². The van der Waals surface area contributed by atoms with Crippen LogP contribution in [0.25, 0.3) is 0 Å². The Hall–Kier alpha value is -1.61. The van der Waals surface area contributed by atoms with Gasteiger partial charge in [0.05, 0.1) is 12.5 Å². The number of halogens is 1. The fourth-order valence-corrected chi connectivity index (χ4v) is 2.20. The number of nitrogens with zero attached hydrogens (tertiary/aromatic N) is 6. The molecule has 1 aromatic heterocycles. The van der Waals surface area contributed by atoms with E-state index in [9.17, 15) is 0 Å². The van der Waals surface area contributed by atoms with Crippen LogP contribution < -0.4 is 9.80 Å². The lowest BCUT2D eigenvalue weighted by atomic mass is 10.1. The van der Waals surface area contributed by atoms with E-state index in [0.717, 1.165) is 25.9 Å². The molecule has 1 fully saturated rings. The first-order valence-electron chi connectivity index (χ1n) is 6.45. The summed E-state index contributed by atoms with van der Waals surface area (Å²) < 4.78 is 0. The number of piperidine rings is 1. The van der Waals surface area contributed by atoms with Crippen molar-refractivity contribution in [2.75, 3.05) is 36.5 Å². The monoisotopic (exact) mass is 280 g/mol. The molecule has 2 heterocycles. The maximum Gasteiger partial charge on any atom is 0.231 e. The Kier molecular flexibility index (Phi) is 4.74. The zero-order valence-electron chi connectivity index (χ0n) is 11.0. The minimum Gasteiger partial charge on any atom is -0.343 e. The van der Waals surface area contributed by atoms with Crippen LogP contribution in [0, 0.1) is 11.3 Å². The van der Waals surface area contributed by atoms with Gasteiger partial charge < -0.3 is 9.80 Å². The first-order chi connectivity index (χ1) is 9.20. The summed E-state index contributed by atoms with van der Waals surface area (Å²) in [5.41, 5.74) is 0. The molecule has 0 aromatic carbocycles. The molecule has 1 aliphatic rings. The molecule has 1 saturated heterocycles. The van der Waals surface area contributed by atoms with E-state index < -0.39 is 0 Å². The Morgan fingerprint density at radius 1 is 1.26 bits per heavy atom. The van der Waals surface area contributed by atoms with E-state index in [1.54, 1.807) is 0 Å². The van der Waals surface area contributed by atoms with Crippen LogP contribution in [0.5, 0.6) is 0 Å². The number of hydrogen-bond acceptors (Lipinski definition) is 6. The lowest BCUT2D eigenvalue weighted by Gasteiger charge is -2.27. The highest BCUT2D eigenvalue weighted by Crippen LogP contribution is 2.19. The van der Waals surface area contributed by atoms with Gasteiger partial charge in [-0.1, -0.05) is 0 Å². The Balaban J connectivity index is 2.16. The molecule has 2 rings (SSSR count). The Labute approximate surface area is 118 Å². The SMILES string of the molecule is CN(CCC#N)c1nc(Cl)nc(N2CCCCC2)n1. The molecule has 0 spiro atoms. The van der Waals surface area contributed by atoms with Crippen LogP contribution >= 0.6 is 11.6 Å². The average molecular weight is 281 g/mol. The van der Waals surface area contributed by atoms with Gasteiger partial charge in [0.1, 0.15) is 0 Å². The van der Waals surface area contributed by atoms with Crippen molar-refractivity contribution in [2.45, 2.75) is 25.7 Å². The zero-order chi connectivity index (χ0) is 13.7. The van der Waals surface area contributed by atoms with Crippen LogP contribution in [0.15, 0.2) is 0 Å². The van der Waals surface area contributed by atoms with Gasteiger partial charge in [0, 0.05) is 26.7 Å². The molecular formula is C12H17ClN6. The summed E-state index contributed by atoms with van der Waals surface area (Å²) >= 11 is 5.97. The molecule has 6 nitrogen and oxygen atoms in total. The van der Waals surface area contributed by atoms with Crippen LogP contribution in [-0.4, -0.2) is 41.6 Å². The van der Waals surface area contributed by atoms with E-state index in [1.165, 1.54) is 6.42 Å². The summed E-state index contributed by atoms with van der Waals surface area (Å²) in [5.74, 6) is 1.16. The van der Waals surface area contributed by atoms with Crippen LogP contribution in [0.3, 0.4) is 0 Å². The lowest BCUT2D eigenvalue weighted by Crippen LogP contribution is -2.32. The van der Waals surface area contributed by atoms with Gasteiger partial charge >= 0.3 is 0 Å². The third kappa shape index (κ3) is 3.67. The molecule has 0 radical (unpaired) electrons. The molecular weight excluding hydrogens is 264 g/mol. The van der Waals surface area contributed by atoms with E-state index in [1.807, 2.05) is 11.9 Å². The first kappa shape index (κ1) is 13.8. The van der Waals surface area contributed by atoms with Gasteiger partial charge in [-0.3, -0.25) is 0 Å². The van der Waals surface area contributed by atoms with Crippen molar-refractivity contribution in [1.29, 1.82) is 5.26 Å². The molecule has 102 valence electrons. The number of anilines is 2. The second-order valence-electron chi connectivity index (χ2n) is 4.58.